The van der Waals surface area contributed by atoms with Gasteiger partial charge in [-0.05, 0) is 13.3 Å². The molecule has 0 aliphatic rings. The molecule has 0 fully saturated rings. The lowest BCUT2D eigenvalue weighted by molar-refractivity contribution is -0.177. The minimum Gasteiger partial charge on any atom is -0.383 e. The number of hydroxylamine groups is 2. The number of hydrogen-bond donors (Lipinski definition) is 1. The van der Waals surface area contributed by atoms with Crippen LogP contribution < -0.4 is 0 Å². The number of likely N-dealkylation sites (N-methyl/N-ethyl adjacent to an activating group) is 1. The Morgan fingerprint density at radius 1 is 1.50 bits per heavy atom. The maximum Gasteiger partial charge on any atom is 0.274 e. The van der Waals surface area contributed by atoms with Crippen LogP contribution in [0.4, 0.5) is 0 Å². The Kier molecular flexibility index (Phi) is 11.7. The Labute approximate surface area is 98.9 Å². The highest BCUT2D eigenvalue weighted by molar-refractivity contribution is 5.79. The molecule has 0 saturated carbocycles. The van der Waals surface area contributed by atoms with Gasteiger partial charge < -0.3 is 5.11 Å². The Morgan fingerprint density at radius 2 is 2.00 bits per heavy atom. The van der Waals surface area contributed by atoms with E-state index in [0.29, 0.717) is 6.42 Å². The second-order valence-electron chi connectivity index (χ2n) is 3.17. The molecule has 0 aromatic heterocycles. The van der Waals surface area contributed by atoms with E-state index in [1.807, 2.05) is 33.8 Å². The van der Waals surface area contributed by atoms with E-state index in [1.54, 1.807) is 0 Å². The van der Waals surface area contributed by atoms with E-state index < -0.39 is 12.0 Å². The van der Waals surface area contributed by atoms with E-state index in [9.17, 15) is 9.90 Å². The molecule has 0 heterocycles. The van der Waals surface area contributed by atoms with Crippen LogP contribution >= 0.6 is 0 Å². The van der Waals surface area contributed by atoms with Crippen molar-refractivity contribution < 1.29 is 14.7 Å². The van der Waals surface area contributed by atoms with Gasteiger partial charge in [0.15, 0.2) is 0 Å². The first-order valence-electron chi connectivity index (χ1n) is 5.68. The van der Waals surface area contributed by atoms with Gasteiger partial charge in [0, 0.05) is 13.5 Å². The Bertz CT molecular complexity index is 214. The van der Waals surface area contributed by atoms with Gasteiger partial charge in [-0.2, -0.15) is 0 Å². The highest BCUT2D eigenvalue weighted by Gasteiger charge is 2.17. The molecule has 0 saturated heterocycles. The highest BCUT2D eigenvalue weighted by atomic mass is 16.7. The molecule has 1 N–H and O–H groups in total. The van der Waals surface area contributed by atoms with Gasteiger partial charge in [0.2, 0.25) is 0 Å². The minimum atomic E-state index is -1.01. The van der Waals surface area contributed by atoms with Crippen LogP contribution in [-0.4, -0.2) is 36.3 Å². The van der Waals surface area contributed by atoms with Gasteiger partial charge in [-0.25, -0.2) is 5.06 Å². The predicted octanol–water partition coefficient (Wildman–Crippen LogP) is 2.14. The van der Waals surface area contributed by atoms with E-state index in [1.165, 1.54) is 14.2 Å². The first-order chi connectivity index (χ1) is 7.52. The molecule has 4 heteroatoms. The van der Waals surface area contributed by atoms with Crippen LogP contribution in [0.15, 0.2) is 11.6 Å². The van der Waals surface area contributed by atoms with Crippen LogP contribution in [-0.2, 0) is 9.63 Å². The van der Waals surface area contributed by atoms with Gasteiger partial charge in [-0.15, -0.1) is 0 Å². The molecule has 0 aliphatic carbocycles. The summed E-state index contributed by atoms with van der Waals surface area (Å²) in [5.74, 6) is -0.423. The molecule has 0 aromatic carbocycles. The predicted molar refractivity (Wildman–Crippen MR) is 65.8 cm³/mol. The lowest BCUT2D eigenvalue weighted by Gasteiger charge is -2.16. The monoisotopic (exact) mass is 231 g/mol. The first-order valence-corrected chi connectivity index (χ1v) is 5.68. The van der Waals surface area contributed by atoms with Crippen molar-refractivity contribution in [3.63, 3.8) is 0 Å². The number of aliphatic hydroxyl groups excluding tert-OH is 1. The maximum absolute atomic E-state index is 11.3. The summed E-state index contributed by atoms with van der Waals surface area (Å²) >= 11 is 0. The molecule has 0 radical (unpaired) electrons. The van der Waals surface area contributed by atoms with E-state index in [0.717, 1.165) is 17.1 Å². The fourth-order valence-electron chi connectivity index (χ4n) is 0.858. The maximum atomic E-state index is 11.3. The van der Waals surface area contributed by atoms with Crippen LogP contribution in [0.5, 0.6) is 0 Å². The Morgan fingerprint density at radius 3 is 2.38 bits per heavy atom. The minimum absolute atomic E-state index is 0.339. The molecule has 0 spiro atoms. The van der Waals surface area contributed by atoms with Crippen molar-refractivity contribution in [1.29, 1.82) is 0 Å². The van der Waals surface area contributed by atoms with Crippen molar-refractivity contribution in [3.05, 3.63) is 11.6 Å². The van der Waals surface area contributed by atoms with Crippen LogP contribution in [0.2, 0.25) is 0 Å². The SMILES string of the molecule is CC.CC/C(C)=C/CC(O)C(=O)N(C)OC. The largest absolute Gasteiger partial charge is 0.383 e. The standard InChI is InChI=1S/C10H19NO3.C2H6/c1-5-8(2)6-7-9(12)10(13)11(3)14-4;1-2/h6,9,12H,5,7H2,1-4H3;1-2H3/b8-6+;. The normalized spacial score (nSPS) is 12.6. The lowest BCUT2D eigenvalue weighted by Crippen LogP contribution is -2.35. The van der Waals surface area contributed by atoms with Gasteiger partial charge in [-0.1, -0.05) is 32.4 Å². The molecule has 1 atom stereocenters. The van der Waals surface area contributed by atoms with Crippen molar-refractivity contribution in [1.82, 2.24) is 5.06 Å². The van der Waals surface area contributed by atoms with Gasteiger partial charge >= 0.3 is 0 Å². The fraction of sp³-hybridized carbons (Fsp3) is 0.750. The van der Waals surface area contributed by atoms with E-state index >= 15 is 0 Å². The van der Waals surface area contributed by atoms with E-state index in [-0.39, 0.29) is 0 Å². The number of rotatable bonds is 5. The molecule has 96 valence electrons. The van der Waals surface area contributed by atoms with Gasteiger partial charge in [-0.3, -0.25) is 9.63 Å². The van der Waals surface area contributed by atoms with Crippen molar-refractivity contribution >= 4 is 5.91 Å². The third-order valence-corrected chi connectivity index (χ3v) is 2.12. The number of allylic oxidation sites excluding steroid dienone is 1. The topological polar surface area (TPSA) is 49.8 Å². The summed E-state index contributed by atoms with van der Waals surface area (Å²) in [5, 5.41) is 10.5. The number of aliphatic hydroxyl groups is 1. The first kappa shape index (κ1) is 17.5. The summed E-state index contributed by atoms with van der Waals surface area (Å²) < 4.78 is 0. The fourth-order valence-corrected chi connectivity index (χ4v) is 0.858. The number of hydrogen-bond acceptors (Lipinski definition) is 3. The van der Waals surface area contributed by atoms with Crippen molar-refractivity contribution in [3.8, 4) is 0 Å². The Balaban J connectivity index is 0. The molecule has 0 aliphatic heterocycles. The van der Waals surface area contributed by atoms with Crippen LogP contribution in [0.3, 0.4) is 0 Å². The van der Waals surface area contributed by atoms with Crippen molar-refractivity contribution in [2.24, 2.45) is 0 Å². The third kappa shape index (κ3) is 7.43. The average molecular weight is 231 g/mol. The average Bonchev–Trinajstić information content (AvgIpc) is 2.35. The third-order valence-electron chi connectivity index (χ3n) is 2.12. The Hall–Kier alpha value is -0.870. The zero-order valence-corrected chi connectivity index (χ0v) is 11.3. The summed E-state index contributed by atoms with van der Waals surface area (Å²) in [6.45, 7) is 8.00. The highest BCUT2D eigenvalue weighted by Crippen LogP contribution is 2.04. The number of amides is 1. The molecule has 0 bridgehead atoms. The summed E-state index contributed by atoms with van der Waals surface area (Å²) in [6, 6.07) is 0. The summed E-state index contributed by atoms with van der Waals surface area (Å²) in [6.07, 6.45) is 2.13. The molecular weight excluding hydrogens is 206 g/mol. The van der Waals surface area contributed by atoms with Crippen LogP contribution in [0, 0.1) is 0 Å². The van der Waals surface area contributed by atoms with Gasteiger partial charge in [0.05, 0.1) is 7.11 Å². The van der Waals surface area contributed by atoms with E-state index in [4.69, 9.17) is 0 Å². The number of nitrogens with zero attached hydrogens (tertiary/aromatic N) is 1. The molecule has 0 rings (SSSR count). The summed E-state index contributed by atoms with van der Waals surface area (Å²) in [5.41, 5.74) is 1.16. The van der Waals surface area contributed by atoms with Crippen LogP contribution in [0.1, 0.15) is 40.5 Å². The second kappa shape index (κ2) is 10.6. The second-order valence-corrected chi connectivity index (χ2v) is 3.17. The van der Waals surface area contributed by atoms with Crippen molar-refractivity contribution in [2.45, 2.75) is 46.6 Å². The molecule has 16 heavy (non-hydrogen) atoms. The number of carbonyl (C=O) groups excluding carboxylic acids is 1. The molecule has 1 amide bonds. The van der Waals surface area contributed by atoms with Crippen LogP contribution in [0.25, 0.3) is 0 Å². The molecule has 4 nitrogen and oxygen atoms in total. The smallest absolute Gasteiger partial charge is 0.274 e. The molecule has 1 unspecified atom stereocenters. The molecular formula is C12H25NO3. The molecule has 0 aromatic rings. The summed E-state index contributed by atoms with van der Waals surface area (Å²) in [7, 11) is 2.86. The van der Waals surface area contributed by atoms with Crippen molar-refractivity contribution in [2.75, 3.05) is 14.2 Å². The quantitative estimate of drug-likeness (QED) is 0.582. The number of carbonyl (C=O) groups is 1. The zero-order chi connectivity index (χ0) is 13.1. The van der Waals surface area contributed by atoms with Gasteiger partial charge in [0.25, 0.3) is 5.91 Å². The zero-order valence-electron chi connectivity index (χ0n) is 11.3. The van der Waals surface area contributed by atoms with E-state index in [2.05, 4.69) is 4.84 Å². The van der Waals surface area contributed by atoms with Gasteiger partial charge in [0.1, 0.15) is 6.10 Å². The summed E-state index contributed by atoms with van der Waals surface area (Å²) in [4.78, 5) is 16.0. The lowest BCUT2D eigenvalue weighted by atomic mass is 10.1.